The monoisotopic (exact) mass is 371 g/mol. The van der Waals surface area contributed by atoms with Crippen molar-refractivity contribution in [3.63, 3.8) is 0 Å². The van der Waals surface area contributed by atoms with Crippen LogP contribution in [0.25, 0.3) is 10.9 Å². The maximum Gasteiger partial charge on any atom is 0.225 e. The van der Waals surface area contributed by atoms with E-state index in [1.807, 2.05) is 4.90 Å². The summed E-state index contributed by atoms with van der Waals surface area (Å²) in [5.41, 5.74) is 1.20. The van der Waals surface area contributed by atoms with Gasteiger partial charge in [-0.3, -0.25) is 4.79 Å². The topological polar surface area (TPSA) is 46.9 Å². The lowest BCUT2D eigenvalue weighted by Gasteiger charge is -2.33. The molecule has 2 aliphatic heterocycles. The molecule has 3 heterocycles. The minimum absolute atomic E-state index is 0.224. The number of aryl methyl sites for hydroxylation is 1. The van der Waals surface area contributed by atoms with E-state index in [0.29, 0.717) is 19.6 Å². The fourth-order valence-electron chi connectivity index (χ4n) is 4.02. The molecule has 0 atom stereocenters. The molecule has 6 heteroatoms. The molecule has 0 aliphatic carbocycles. The lowest BCUT2D eigenvalue weighted by Crippen LogP contribution is -2.43. The Bertz CT molecular complexity index is 780. The van der Waals surface area contributed by atoms with Crippen molar-refractivity contribution in [2.45, 2.75) is 25.4 Å². The SMILES string of the molecule is Cn1ccc2c(OC3CCN(CCN4CCOCCC4=O)CC3)cccc21. The maximum atomic E-state index is 12.1. The Kier molecular flexibility index (Phi) is 5.64. The number of benzene rings is 1. The number of fused-ring (bicyclic) bond motifs is 1. The molecule has 2 aliphatic rings. The highest BCUT2D eigenvalue weighted by Crippen LogP contribution is 2.28. The van der Waals surface area contributed by atoms with Crippen molar-refractivity contribution in [3.8, 4) is 5.75 Å². The molecule has 1 aromatic carbocycles. The first-order valence-electron chi connectivity index (χ1n) is 9.99. The molecule has 0 saturated carbocycles. The zero-order valence-electron chi connectivity index (χ0n) is 16.1. The molecule has 2 fully saturated rings. The van der Waals surface area contributed by atoms with E-state index in [2.05, 4.69) is 47.0 Å². The second-order valence-electron chi connectivity index (χ2n) is 7.52. The normalized spacial score (nSPS) is 20.2. The Morgan fingerprint density at radius 3 is 2.81 bits per heavy atom. The van der Waals surface area contributed by atoms with Gasteiger partial charge in [-0.2, -0.15) is 0 Å². The highest BCUT2D eigenvalue weighted by Gasteiger charge is 2.23. The average molecular weight is 371 g/mol. The number of hydrogen-bond acceptors (Lipinski definition) is 4. The zero-order chi connectivity index (χ0) is 18.6. The van der Waals surface area contributed by atoms with Gasteiger partial charge in [0.15, 0.2) is 0 Å². The van der Waals surface area contributed by atoms with Crippen LogP contribution in [0.15, 0.2) is 30.5 Å². The number of likely N-dealkylation sites (tertiary alicyclic amines) is 1. The first kappa shape index (κ1) is 18.3. The molecule has 1 aromatic heterocycles. The van der Waals surface area contributed by atoms with E-state index < -0.39 is 0 Å². The number of carbonyl (C=O) groups is 1. The van der Waals surface area contributed by atoms with Gasteiger partial charge in [0.25, 0.3) is 0 Å². The van der Waals surface area contributed by atoms with Crippen molar-refractivity contribution in [2.75, 3.05) is 45.9 Å². The molecule has 0 radical (unpaired) electrons. The third kappa shape index (κ3) is 4.28. The van der Waals surface area contributed by atoms with Gasteiger partial charge in [-0.05, 0) is 31.0 Å². The van der Waals surface area contributed by atoms with Gasteiger partial charge in [-0.15, -0.1) is 0 Å². The summed E-state index contributed by atoms with van der Waals surface area (Å²) in [5, 5.41) is 1.18. The van der Waals surface area contributed by atoms with E-state index in [1.165, 1.54) is 10.9 Å². The van der Waals surface area contributed by atoms with Gasteiger partial charge in [0.1, 0.15) is 11.9 Å². The second kappa shape index (κ2) is 8.31. The molecule has 2 aromatic rings. The van der Waals surface area contributed by atoms with Crippen molar-refractivity contribution in [2.24, 2.45) is 7.05 Å². The number of hydrogen-bond donors (Lipinski definition) is 0. The zero-order valence-corrected chi connectivity index (χ0v) is 16.1. The summed E-state index contributed by atoms with van der Waals surface area (Å²) in [6.07, 6.45) is 4.91. The van der Waals surface area contributed by atoms with Crippen LogP contribution in [0, 0.1) is 0 Å². The van der Waals surface area contributed by atoms with Crippen molar-refractivity contribution >= 4 is 16.8 Å². The molecule has 0 bridgehead atoms. The quantitative estimate of drug-likeness (QED) is 0.809. The smallest absolute Gasteiger partial charge is 0.225 e. The Balaban J connectivity index is 1.27. The molecular weight excluding hydrogens is 342 g/mol. The van der Waals surface area contributed by atoms with Gasteiger partial charge in [0.2, 0.25) is 5.91 Å². The molecule has 4 rings (SSSR count). The van der Waals surface area contributed by atoms with Gasteiger partial charge in [0, 0.05) is 51.4 Å². The summed E-state index contributed by atoms with van der Waals surface area (Å²) < 4.78 is 13.9. The van der Waals surface area contributed by atoms with Crippen molar-refractivity contribution in [3.05, 3.63) is 30.5 Å². The molecule has 2 saturated heterocycles. The summed E-state index contributed by atoms with van der Waals surface area (Å²) in [6, 6.07) is 8.39. The van der Waals surface area contributed by atoms with Gasteiger partial charge >= 0.3 is 0 Å². The summed E-state index contributed by atoms with van der Waals surface area (Å²) in [4.78, 5) is 16.5. The van der Waals surface area contributed by atoms with Crippen LogP contribution in [0.1, 0.15) is 19.3 Å². The van der Waals surface area contributed by atoms with Crippen molar-refractivity contribution in [1.82, 2.24) is 14.4 Å². The molecule has 0 spiro atoms. The molecule has 6 nitrogen and oxygen atoms in total. The largest absolute Gasteiger partial charge is 0.490 e. The summed E-state index contributed by atoms with van der Waals surface area (Å²) >= 11 is 0. The number of amides is 1. The summed E-state index contributed by atoms with van der Waals surface area (Å²) in [5.74, 6) is 1.21. The Hall–Kier alpha value is -2.05. The van der Waals surface area contributed by atoms with Crippen LogP contribution in [0.5, 0.6) is 5.75 Å². The Morgan fingerprint density at radius 2 is 1.96 bits per heavy atom. The van der Waals surface area contributed by atoms with Crippen LogP contribution in [-0.4, -0.2) is 72.3 Å². The van der Waals surface area contributed by atoms with E-state index in [1.54, 1.807) is 0 Å². The first-order chi connectivity index (χ1) is 13.2. The molecule has 146 valence electrons. The van der Waals surface area contributed by atoms with Crippen molar-refractivity contribution in [1.29, 1.82) is 0 Å². The van der Waals surface area contributed by atoms with Gasteiger partial charge in [0.05, 0.1) is 25.2 Å². The number of ether oxygens (including phenoxy) is 2. The molecule has 0 unspecified atom stereocenters. The minimum Gasteiger partial charge on any atom is -0.490 e. The Morgan fingerprint density at radius 1 is 1.11 bits per heavy atom. The van der Waals surface area contributed by atoms with E-state index in [0.717, 1.165) is 51.3 Å². The highest BCUT2D eigenvalue weighted by molar-refractivity contribution is 5.86. The predicted octanol–water partition coefficient (Wildman–Crippen LogP) is 2.27. The fraction of sp³-hybridized carbons (Fsp3) is 0.571. The number of rotatable bonds is 5. The minimum atomic E-state index is 0.224. The van der Waals surface area contributed by atoms with Gasteiger partial charge in [-0.1, -0.05) is 6.07 Å². The summed E-state index contributed by atoms with van der Waals surface area (Å²) in [6.45, 7) is 5.73. The standard InChI is InChI=1S/C21H29N3O3/c1-22-9-7-18-19(22)3-2-4-20(18)27-17-5-10-23(11-6-17)12-13-24-14-16-26-15-8-21(24)25/h2-4,7,9,17H,5-6,8,10-16H2,1H3. The van der Waals surface area contributed by atoms with Crippen LogP contribution < -0.4 is 4.74 Å². The van der Waals surface area contributed by atoms with E-state index in [-0.39, 0.29) is 12.0 Å². The fourth-order valence-corrected chi connectivity index (χ4v) is 4.02. The van der Waals surface area contributed by atoms with Crippen LogP contribution in [-0.2, 0) is 16.6 Å². The number of aromatic nitrogens is 1. The Labute approximate surface area is 160 Å². The maximum absolute atomic E-state index is 12.1. The van der Waals surface area contributed by atoms with E-state index >= 15 is 0 Å². The number of carbonyl (C=O) groups excluding carboxylic acids is 1. The lowest BCUT2D eigenvalue weighted by molar-refractivity contribution is -0.130. The van der Waals surface area contributed by atoms with Crippen LogP contribution in [0.2, 0.25) is 0 Å². The van der Waals surface area contributed by atoms with Crippen LogP contribution in [0.3, 0.4) is 0 Å². The predicted molar refractivity (Wildman–Crippen MR) is 105 cm³/mol. The highest BCUT2D eigenvalue weighted by atomic mass is 16.5. The van der Waals surface area contributed by atoms with Gasteiger partial charge in [-0.25, -0.2) is 0 Å². The molecule has 1 amide bonds. The van der Waals surface area contributed by atoms with E-state index in [4.69, 9.17) is 9.47 Å². The lowest BCUT2D eigenvalue weighted by atomic mass is 10.1. The van der Waals surface area contributed by atoms with Crippen molar-refractivity contribution < 1.29 is 14.3 Å². The van der Waals surface area contributed by atoms with Crippen LogP contribution >= 0.6 is 0 Å². The molecule has 27 heavy (non-hydrogen) atoms. The van der Waals surface area contributed by atoms with E-state index in [9.17, 15) is 4.79 Å². The summed E-state index contributed by atoms with van der Waals surface area (Å²) in [7, 11) is 2.06. The first-order valence-corrected chi connectivity index (χ1v) is 9.99. The van der Waals surface area contributed by atoms with Crippen LogP contribution in [0.4, 0.5) is 0 Å². The average Bonchev–Trinajstić information content (AvgIpc) is 2.94. The van der Waals surface area contributed by atoms with Gasteiger partial charge < -0.3 is 23.8 Å². The second-order valence-corrected chi connectivity index (χ2v) is 7.52. The number of piperidine rings is 1. The third-order valence-electron chi connectivity index (χ3n) is 5.72. The molecular formula is C21H29N3O3. The number of nitrogens with zero attached hydrogens (tertiary/aromatic N) is 3. The third-order valence-corrected chi connectivity index (χ3v) is 5.72. The molecule has 0 N–H and O–H groups in total.